The van der Waals surface area contributed by atoms with Gasteiger partial charge in [0.1, 0.15) is 5.60 Å². The van der Waals surface area contributed by atoms with Gasteiger partial charge in [-0.3, -0.25) is 9.88 Å². The quantitative estimate of drug-likeness (QED) is 0.629. The number of fused-ring (bicyclic) bond motifs is 3. The van der Waals surface area contributed by atoms with Crippen LogP contribution >= 0.6 is 0 Å². The van der Waals surface area contributed by atoms with Crippen LogP contribution in [0, 0.1) is 6.92 Å². The van der Waals surface area contributed by atoms with Gasteiger partial charge >= 0.3 is 0 Å². The van der Waals surface area contributed by atoms with Crippen LogP contribution in [-0.2, 0) is 23.4 Å². The molecule has 0 fully saturated rings. The third-order valence-corrected chi connectivity index (χ3v) is 6.13. The minimum atomic E-state index is -0.418. The van der Waals surface area contributed by atoms with E-state index in [-0.39, 0.29) is 6.10 Å². The van der Waals surface area contributed by atoms with E-state index in [1.807, 2.05) is 12.4 Å². The molecule has 2 atom stereocenters. The number of pyridine rings is 1. The standard InChI is InChI=1S/C24H27N3O/c1-16-5-6-22-20(11-16)21-14-26(4)13-18-12-17(2)28-24(3,15-27(22)23(18)21)19-7-9-25-10-8-19/h5-12,17H,13-15H2,1-4H3. The molecule has 0 bridgehead atoms. The Hall–Kier alpha value is -2.43. The molecule has 2 aromatic heterocycles. The lowest BCUT2D eigenvalue weighted by atomic mass is 9.93. The SMILES string of the molecule is Cc1ccc2c(c1)c1c3n2CC(C)(c2ccncc2)OC(C)C=C3CN(C)C1. The summed E-state index contributed by atoms with van der Waals surface area (Å²) < 4.78 is 9.15. The Kier molecular flexibility index (Phi) is 3.97. The molecule has 0 saturated carbocycles. The molecule has 0 aliphatic carbocycles. The van der Waals surface area contributed by atoms with Crippen molar-refractivity contribution in [1.29, 1.82) is 0 Å². The Balaban J connectivity index is 1.79. The summed E-state index contributed by atoms with van der Waals surface area (Å²) in [5, 5.41) is 1.37. The van der Waals surface area contributed by atoms with E-state index >= 15 is 0 Å². The predicted octanol–water partition coefficient (Wildman–Crippen LogP) is 4.51. The Labute approximate surface area is 166 Å². The second kappa shape index (κ2) is 6.29. The van der Waals surface area contributed by atoms with Crippen LogP contribution in [0.15, 0.2) is 48.8 Å². The molecule has 2 unspecified atom stereocenters. The maximum absolute atomic E-state index is 6.65. The number of nitrogens with zero attached hydrogens (tertiary/aromatic N) is 3. The average Bonchev–Trinajstić information content (AvgIpc) is 2.94. The second-order valence-electron chi connectivity index (χ2n) is 8.59. The predicted molar refractivity (Wildman–Crippen MR) is 113 cm³/mol. The molecule has 5 rings (SSSR count). The summed E-state index contributed by atoms with van der Waals surface area (Å²) in [5.41, 5.74) is 7.58. The lowest BCUT2D eigenvalue weighted by molar-refractivity contribution is -0.0733. The van der Waals surface area contributed by atoms with Gasteiger partial charge in [0.25, 0.3) is 0 Å². The number of aryl methyl sites for hydroxylation is 1. The van der Waals surface area contributed by atoms with Crippen molar-refractivity contribution in [3.63, 3.8) is 0 Å². The molecule has 0 amide bonds. The van der Waals surface area contributed by atoms with Gasteiger partial charge in [-0.25, -0.2) is 0 Å². The summed E-state index contributed by atoms with van der Waals surface area (Å²) in [6, 6.07) is 11.0. The van der Waals surface area contributed by atoms with Gasteiger partial charge < -0.3 is 9.30 Å². The molecule has 2 aliphatic rings. The third-order valence-electron chi connectivity index (χ3n) is 6.13. The average molecular weight is 374 g/mol. The van der Waals surface area contributed by atoms with Crippen molar-refractivity contribution in [1.82, 2.24) is 14.5 Å². The van der Waals surface area contributed by atoms with Crippen molar-refractivity contribution in [3.8, 4) is 0 Å². The molecule has 3 aromatic rings. The molecule has 0 saturated heterocycles. The molecule has 2 aliphatic heterocycles. The zero-order valence-corrected chi connectivity index (χ0v) is 17.1. The van der Waals surface area contributed by atoms with Crippen LogP contribution < -0.4 is 0 Å². The van der Waals surface area contributed by atoms with E-state index in [0.717, 1.165) is 19.6 Å². The van der Waals surface area contributed by atoms with Gasteiger partial charge in [-0.15, -0.1) is 0 Å². The van der Waals surface area contributed by atoms with Gasteiger partial charge in [-0.1, -0.05) is 11.6 Å². The normalized spacial score (nSPS) is 25.1. The van der Waals surface area contributed by atoms with E-state index in [4.69, 9.17) is 4.74 Å². The largest absolute Gasteiger partial charge is 0.362 e. The molecule has 144 valence electrons. The van der Waals surface area contributed by atoms with Crippen LogP contribution in [-0.4, -0.2) is 34.1 Å². The molecule has 4 heteroatoms. The van der Waals surface area contributed by atoms with Crippen molar-refractivity contribution in [2.45, 2.75) is 45.6 Å². The summed E-state index contributed by atoms with van der Waals surface area (Å²) in [6.45, 7) is 9.28. The van der Waals surface area contributed by atoms with Gasteiger partial charge in [-0.05, 0) is 74.9 Å². The number of rotatable bonds is 1. The van der Waals surface area contributed by atoms with Crippen LogP contribution in [0.5, 0.6) is 0 Å². The Bertz CT molecular complexity index is 1080. The van der Waals surface area contributed by atoms with Crippen molar-refractivity contribution >= 4 is 16.5 Å². The number of likely N-dealkylation sites (N-methyl/N-ethyl adjacent to an activating group) is 1. The molecule has 0 radical (unpaired) electrons. The van der Waals surface area contributed by atoms with Crippen molar-refractivity contribution in [3.05, 3.63) is 71.2 Å². The van der Waals surface area contributed by atoms with Crippen LogP contribution in [0.4, 0.5) is 0 Å². The summed E-state index contributed by atoms with van der Waals surface area (Å²) in [5.74, 6) is 0. The molecule has 0 spiro atoms. The highest BCUT2D eigenvalue weighted by atomic mass is 16.5. The molecule has 28 heavy (non-hydrogen) atoms. The lowest BCUT2D eigenvalue weighted by Gasteiger charge is -2.38. The van der Waals surface area contributed by atoms with Crippen LogP contribution in [0.25, 0.3) is 16.5 Å². The highest BCUT2D eigenvalue weighted by molar-refractivity contribution is 5.92. The van der Waals surface area contributed by atoms with Crippen LogP contribution in [0.1, 0.15) is 36.2 Å². The van der Waals surface area contributed by atoms with Crippen LogP contribution in [0.2, 0.25) is 0 Å². The number of benzene rings is 1. The first-order valence-corrected chi connectivity index (χ1v) is 10.0. The first kappa shape index (κ1) is 17.7. The molecular weight excluding hydrogens is 346 g/mol. The van der Waals surface area contributed by atoms with Crippen LogP contribution in [0.3, 0.4) is 0 Å². The minimum Gasteiger partial charge on any atom is -0.362 e. The maximum atomic E-state index is 6.65. The summed E-state index contributed by atoms with van der Waals surface area (Å²) >= 11 is 0. The van der Waals surface area contributed by atoms with Gasteiger partial charge in [0.2, 0.25) is 0 Å². The van der Waals surface area contributed by atoms with Gasteiger partial charge in [0, 0.05) is 36.4 Å². The zero-order valence-electron chi connectivity index (χ0n) is 17.1. The summed E-state index contributed by atoms with van der Waals surface area (Å²) in [4.78, 5) is 6.60. The summed E-state index contributed by atoms with van der Waals surface area (Å²) in [7, 11) is 2.20. The Morgan fingerprint density at radius 1 is 1.14 bits per heavy atom. The zero-order chi connectivity index (χ0) is 19.5. The molecule has 0 N–H and O–H groups in total. The highest BCUT2D eigenvalue weighted by Gasteiger charge is 2.36. The molecular formula is C24H27N3O. The van der Waals surface area contributed by atoms with Gasteiger partial charge in [0.05, 0.1) is 18.3 Å². The van der Waals surface area contributed by atoms with Gasteiger partial charge in [-0.2, -0.15) is 0 Å². The molecule has 1 aromatic carbocycles. The van der Waals surface area contributed by atoms with E-state index < -0.39 is 5.60 Å². The van der Waals surface area contributed by atoms with E-state index in [0.29, 0.717) is 0 Å². The maximum Gasteiger partial charge on any atom is 0.109 e. The molecule has 4 heterocycles. The fraction of sp³-hybridized carbons (Fsp3) is 0.375. The monoisotopic (exact) mass is 373 g/mol. The Morgan fingerprint density at radius 2 is 1.93 bits per heavy atom. The summed E-state index contributed by atoms with van der Waals surface area (Å²) in [6.07, 6.45) is 6.07. The Morgan fingerprint density at radius 3 is 2.71 bits per heavy atom. The fourth-order valence-electron chi connectivity index (χ4n) is 4.98. The van der Waals surface area contributed by atoms with E-state index in [2.05, 4.69) is 78.7 Å². The number of hydrogen-bond acceptors (Lipinski definition) is 3. The number of ether oxygens (including phenoxy) is 1. The second-order valence-corrected chi connectivity index (χ2v) is 8.59. The van der Waals surface area contributed by atoms with Gasteiger partial charge in [0.15, 0.2) is 0 Å². The van der Waals surface area contributed by atoms with Crippen molar-refractivity contribution in [2.24, 2.45) is 0 Å². The third kappa shape index (κ3) is 2.71. The van der Waals surface area contributed by atoms with E-state index in [9.17, 15) is 0 Å². The first-order chi connectivity index (χ1) is 13.4. The van der Waals surface area contributed by atoms with Crippen molar-refractivity contribution in [2.75, 3.05) is 13.6 Å². The van der Waals surface area contributed by atoms with E-state index in [1.165, 1.54) is 38.9 Å². The number of hydrogen-bond donors (Lipinski definition) is 0. The smallest absolute Gasteiger partial charge is 0.109 e. The molecule has 4 nitrogen and oxygen atoms in total. The highest BCUT2D eigenvalue weighted by Crippen LogP contribution is 2.41. The minimum absolute atomic E-state index is 0.0426. The van der Waals surface area contributed by atoms with Crippen molar-refractivity contribution < 1.29 is 4.74 Å². The lowest BCUT2D eigenvalue weighted by Crippen LogP contribution is -2.38. The van der Waals surface area contributed by atoms with E-state index in [1.54, 1.807) is 0 Å². The fourth-order valence-corrected chi connectivity index (χ4v) is 4.98. The number of aromatic nitrogens is 2. The topological polar surface area (TPSA) is 30.3 Å². The first-order valence-electron chi connectivity index (χ1n) is 10.0.